The molecule has 2 aromatic rings. The molecule has 0 aromatic heterocycles. The van der Waals surface area contributed by atoms with Gasteiger partial charge < -0.3 is 14.8 Å². The number of hydrogen-bond acceptors (Lipinski definition) is 6. The first-order chi connectivity index (χ1) is 14.8. The largest absolute Gasteiger partial charge is 0.454 e. The number of ketones is 1. The van der Waals surface area contributed by atoms with Crippen molar-refractivity contribution in [2.75, 3.05) is 25.2 Å². The maximum Gasteiger partial charge on any atom is 0.255 e. The van der Waals surface area contributed by atoms with E-state index >= 15 is 0 Å². The minimum atomic E-state index is -4.06. The predicted molar refractivity (Wildman–Crippen MR) is 110 cm³/mol. The van der Waals surface area contributed by atoms with Gasteiger partial charge in [-0.3, -0.25) is 9.59 Å². The molecule has 0 spiro atoms. The van der Waals surface area contributed by atoms with E-state index in [-0.39, 0.29) is 29.4 Å². The van der Waals surface area contributed by atoms with Crippen molar-refractivity contribution in [3.05, 3.63) is 47.3 Å². The summed E-state index contributed by atoms with van der Waals surface area (Å²) in [6, 6.07) is 6.11. The molecule has 1 N–H and O–H groups in total. The fourth-order valence-corrected chi connectivity index (χ4v) is 5.23. The van der Waals surface area contributed by atoms with E-state index in [2.05, 4.69) is 5.32 Å². The molecule has 4 rings (SSSR count). The van der Waals surface area contributed by atoms with Crippen LogP contribution in [-0.2, 0) is 10.0 Å². The van der Waals surface area contributed by atoms with Gasteiger partial charge in [-0.2, -0.15) is 4.31 Å². The molecule has 1 saturated heterocycles. The summed E-state index contributed by atoms with van der Waals surface area (Å²) in [5, 5.41) is 2.59. The van der Waals surface area contributed by atoms with Gasteiger partial charge in [-0.05, 0) is 44.0 Å². The van der Waals surface area contributed by atoms with Crippen molar-refractivity contribution in [3.8, 4) is 11.5 Å². The van der Waals surface area contributed by atoms with E-state index in [1.807, 2.05) is 0 Å². The van der Waals surface area contributed by atoms with Crippen molar-refractivity contribution in [1.29, 1.82) is 0 Å². The summed E-state index contributed by atoms with van der Waals surface area (Å²) in [5.41, 5.74) is 0.344. The molecule has 1 amide bonds. The highest BCUT2D eigenvalue weighted by molar-refractivity contribution is 7.89. The van der Waals surface area contributed by atoms with E-state index in [1.165, 1.54) is 29.4 Å². The first kappa shape index (κ1) is 21.3. The number of hydrogen-bond donors (Lipinski definition) is 1. The molecule has 164 valence electrons. The summed E-state index contributed by atoms with van der Waals surface area (Å²) in [7, 11) is -4.06. The van der Waals surface area contributed by atoms with E-state index in [0.717, 1.165) is 18.6 Å². The first-order valence-corrected chi connectivity index (χ1v) is 11.3. The second-order valence-corrected chi connectivity index (χ2v) is 9.28. The van der Waals surface area contributed by atoms with Crippen LogP contribution in [0.15, 0.2) is 35.2 Å². The first-order valence-electron chi connectivity index (χ1n) is 9.83. The lowest BCUT2D eigenvalue weighted by Gasteiger charge is -2.26. The third-order valence-electron chi connectivity index (χ3n) is 5.27. The molecule has 2 aromatic carbocycles. The Morgan fingerprint density at radius 1 is 1.03 bits per heavy atom. The van der Waals surface area contributed by atoms with Gasteiger partial charge in [0.05, 0.1) is 5.69 Å². The third kappa shape index (κ3) is 4.13. The van der Waals surface area contributed by atoms with Crippen LogP contribution < -0.4 is 14.8 Å². The maximum absolute atomic E-state index is 14.4. The molecule has 0 saturated carbocycles. The van der Waals surface area contributed by atoms with Gasteiger partial charge in [-0.25, -0.2) is 12.8 Å². The molecular formula is C21H21FN2O6S. The van der Waals surface area contributed by atoms with Crippen LogP contribution in [0.2, 0.25) is 0 Å². The Labute approximate surface area is 179 Å². The number of piperidine rings is 1. The number of anilines is 1. The van der Waals surface area contributed by atoms with Gasteiger partial charge in [-0.15, -0.1) is 0 Å². The Balaban J connectivity index is 1.65. The Kier molecular flexibility index (Phi) is 5.67. The Morgan fingerprint density at radius 2 is 1.71 bits per heavy atom. The fraction of sp³-hybridized carbons (Fsp3) is 0.333. The lowest BCUT2D eigenvalue weighted by molar-refractivity contribution is 0.101. The molecule has 31 heavy (non-hydrogen) atoms. The van der Waals surface area contributed by atoms with Crippen molar-refractivity contribution in [1.82, 2.24) is 4.31 Å². The van der Waals surface area contributed by atoms with Crippen LogP contribution in [0.4, 0.5) is 10.1 Å². The lowest BCUT2D eigenvalue weighted by atomic mass is 10.1. The number of nitrogens with zero attached hydrogens (tertiary/aromatic N) is 1. The van der Waals surface area contributed by atoms with Crippen LogP contribution in [-0.4, -0.2) is 44.3 Å². The Bertz CT molecular complexity index is 1160. The number of ether oxygens (including phenoxy) is 2. The minimum Gasteiger partial charge on any atom is -0.454 e. The van der Waals surface area contributed by atoms with Crippen LogP contribution in [0.1, 0.15) is 46.9 Å². The number of nitrogens with one attached hydrogen (secondary N) is 1. The standard InChI is InChI=1S/C21H21FN2O6S/c1-13(25)15-10-18-19(30-12-29-18)11-17(15)23-21(26)14-5-6-16(22)20(9-14)31(27,28)24-7-3-2-4-8-24/h5-6,9-11H,2-4,7-8,12H2,1H3,(H,23,26). The van der Waals surface area contributed by atoms with Crippen LogP contribution in [0.3, 0.4) is 0 Å². The highest BCUT2D eigenvalue weighted by atomic mass is 32.2. The highest BCUT2D eigenvalue weighted by Gasteiger charge is 2.30. The van der Waals surface area contributed by atoms with Crippen LogP contribution in [0, 0.1) is 5.82 Å². The molecule has 0 unspecified atom stereocenters. The van der Waals surface area contributed by atoms with E-state index < -0.39 is 26.6 Å². The average molecular weight is 448 g/mol. The van der Waals surface area contributed by atoms with Gasteiger partial charge in [0.25, 0.3) is 5.91 Å². The molecule has 8 nitrogen and oxygen atoms in total. The molecule has 0 aliphatic carbocycles. The van der Waals surface area contributed by atoms with Crippen LogP contribution >= 0.6 is 0 Å². The van der Waals surface area contributed by atoms with Crippen molar-refractivity contribution in [2.45, 2.75) is 31.1 Å². The van der Waals surface area contributed by atoms with Gasteiger partial charge in [-0.1, -0.05) is 6.42 Å². The van der Waals surface area contributed by atoms with E-state index in [1.54, 1.807) is 0 Å². The number of rotatable bonds is 5. The summed E-state index contributed by atoms with van der Waals surface area (Å²) in [4.78, 5) is 24.3. The summed E-state index contributed by atoms with van der Waals surface area (Å²) in [6.07, 6.45) is 2.34. The van der Waals surface area contributed by atoms with Gasteiger partial charge in [0, 0.05) is 30.3 Å². The number of fused-ring (bicyclic) bond motifs is 1. The zero-order chi connectivity index (χ0) is 22.2. The van der Waals surface area contributed by atoms with Gasteiger partial charge >= 0.3 is 0 Å². The van der Waals surface area contributed by atoms with E-state index in [0.29, 0.717) is 37.4 Å². The lowest BCUT2D eigenvalue weighted by Crippen LogP contribution is -2.36. The quantitative estimate of drug-likeness (QED) is 0.705. The second-order valence-electron chi connectivity index (χ2n) is 7.37. The van der Waals surface area contributed by atoms with Crippen LogP contribution in [0.25, 0.3) is 0 Å². The average Bonchev–Trinajstić information content (AvgIpc) is 3.21. The maximum atomic E-state index is 14.4. The zero-order valence-electron chi connectivity index (χ0n) is 16.8. The zero-order valence-corrected chi connectivity index (χ0v) is 17.6. The topological polar surface area (TPSA) is 102 Å². The summed E-state index contributed by atoms with van der Waals surface area (Å²) in [5.74, 6) is -1.15. The molecule has 2 aliphatic rings. The number of amides is 1. The number of sulfonamides is 1. The molecule has 2 heterocycles. The molecule has 0 atom stereocenters. The third-order valence-corrected chi connectivity index (χ3v) is 7.18. The molecule has 10 heteroatoms. The predicted octanol–water partition coefficient (Wildman–Crippen LogP) is 3.18. The van der Waals surface area contributed by atoms with Crippen molar-refractivity contribution >= 4 is 27.4 Å². The fourth-order valence-electron chi connectivity index (χ4n) is 3.62. The highest BCUT2D eigenvalue weighted by Crippen LogP contribution is 2.37. The van der Waals surface area contributed by atoms with E-state index in [4.69, 9.17) is 9.47 Å². The number of Topliss-reactive ketones (excluding diaryl/α,β-unsaturated/α-hetero) is 1. The number of halogens is 1. The normalized spacial score (nSPS) is 16.2. The van der Waals surface area contributed by atoms with Gasteiger partial charge in [0.1, 0.15) is 10.7 Å². The number of benzene rings is 2. The molecule has 1 fully saturated rings. The van der Waals surface area contributed by atoms with Gasteiger partial charge in [0.2, 0.25) is 16.8 Å². The monoisotopic (exact) mass is 448 g/mol. The summed E-state index contributed by atoms with van der Waals surface area (Å²) >= 11 is 0. The van der Waals surface area contributed by atoms with Crippen molar-refractivity contribution in [3.63, 3.8) is 0 Å². The minimum absolute atomic E-state index is 0.000239. The summed E-state index contributed by atoms with van der Waals surface area (Å²) in [6.45, 7) is 1.98. The molecule has 2 aliphatic heterocycles. The molecule has 0 bridgehead atoms. The van der Waals surface area contributed by atoms with Crippen molar-refractivity contribution in [2.24, 2.45) is 0 Å². The second kappa shape index (κ2) is 8.27. The van der Waals surface area contributed by atoms with Crippen molar-refractivity contribution < 1.29 is 31.9 Å². The Morgan fingerprint density at radius 3 is 2.39 bits per heavy atom. The smallest absolute Gasteiger partial charge is 0.255 e. The van der Waals surface area contributed by atoms with Gasteiger partial charge in [0.15, 0.2) is 17.3 Å². The number of carbonyl (C=O) groups excluding carboxylic acids is 2. The summed E-state index contributed by atoms with van der Waals surface area (Å²) < 4.78 is 52.0. The number of carbonyl (C=O) groups is 2. The van der Waals surface area contributed by atoms with Crippen LogP contribution in [0.5, 0.6) is 11.5 Å². The molecule has 0 radical (unpaired) electrons. The SMILES string of the molecule is CC(=O)c1cc2c(cc1NC(=O)c1ccc(F)c(S(=O)(=O)N3CCCCC3)c1)OCO2. The Hall–Kier alpha value is -2.98. The molecular weight excluding hydrogens is 427 g/mol. The van der Waals surface area contributed by atoms with E-state index in [9.17, 15) is 22.4 Å².